The number of esters is 2. The molecule has 6 aliphatic rings. The highest BCUT2D eigenvalue weighted by Crippen LogP contribution is 2.83. The molecule has 2 aliphatic carbocycles. The van der Waals surface area contributed by atoms with E-state index < -0.39 is 47.0 Å². The lowest BCUT2D eigenvalue weighted by Gasteiger charge is -2.46. The number of aliphatic hydroxyl groups excluding tert-OH is 1. The zero-order valence-corrected chi connectivity index (χ0v) is 16.1. The second-order valence-electron chi connectivity index (χ2n) is 10.6. The van der Waals surface area contributed by atoms with E-state index in [0.29, 0.717) is 13.0 Å². The van der Waals surface area contributed by atoms with Crippen molar-refractivity contribution in [2.75, 3.05) is 6.61 Å². The molecule has 0 aromatic rings. The van der Waals surface area contributed by atoms with Crippen molar-refractivity contribution in [3.8, 4) is 0 Å². The molecule has 6 fully saturated rings. The molecule has 2 saturated carbocycles. The van der Waals surface area contributed by atoms with Gasteiger partial charge in [0.2, 0.25) is 6.29 Å². The second-order valence-corrected chi connectivity index (χ2v) is 10.6. The number of carbonyl (C=O) groups is 2. The van der Waals surface area contributed by atoms with Crippen LogP contribution in [0, 0.1) is 34.0 Å². The maximum atomic E-state index is 13.3. The van der Waals surface area contributed by atoms with Crippen molar-refractivity contribution >= 4 is 11.9 Å². The van der Waals surface area contributed by atoms with Gasteiger partial charge < -0.3 is 24.1 Å². The molecule has 0 aromatic heterocycles. The van der Waals surface area contributed by atoms with Gasteiger partial charge in [-0.25, -0.2) is 4.79 Å². The van der Waals surface area contributed by atoms with E-state index in [-0.39, 0.29) is 35.6 Å². The van der Waals surface area contributed by atoms with E-state index in [4.69, 9.17) is 18.9 Å². The van der Waals surface area contributed by atoms with Crippen molar-refractivity contribution in [1.29, 1.82) is 0 Å². The first-order valence-electron chi connectivity index (χ1n) is 10.0. The predicted molar refractivity (Wildman–Crippen MR) is 89.0 cm³/mol. The van der Waals surface area contributed by atoms with Crippen LogP contribution in [-0.2, 0) is 28.5 Å². The fourth-order valence-electron chi connectivity index (χ4n) is 8.25. The van der Waals surface area contributed by atoms with Crippen molar-refractivity contribution in [2.24, 2.45) is 34.0 Å². The van der Waals surface area contributed by atoms with Crippen molar-refractivity contribution in [3.63, 3.8) is 0 Å². The summed E-state index contributed by atoms with van der Waals surface area (Å²) in [5.41, 5.74) is -3.22. The minimum atomic E-state index is -1.29. The third-order valence-electron chi connectivity index (χ3n) is 8.72. The SMILES string of the molecule is C[C@@H]1COC2C1C13O[C@@H]4OC(=O)CC45[C@H](C(C)(C)C)CC(OC1=O)C35[C@H]2O. The van der Waals surface area contributed by atoms with Gasteiger partial charge in [-0.3, -0.25) is 4.79 Å². The number of aliphatic hydroxyl groups is 1. The Bertz CT molecular complexity index is 773. The molecule has 7 nitrogen and oxygen atoms in total. The lowest BCUT2D eigenvalue weighted by Crippen LogP contribution is -2.59. The molecule has 4 saturated heterocycles. The second kappa shape index (κ2) is 4.36. The van der Waals surface area contributed by atoms with Gasteiger partial charge in [0, 0.05) is 5.92 Å². The van der Waals surface area contributed by atoms with E-state index in [1.807, 2.05) is 6.92 Å². The minimum Gasteiger partial charge on any atom is -0.459 e. The van der Waals surface area contributed by atoms with Crippen molar-refractivity contribution in [2.45, 2.75) is 70.7 Å². The smallest absolute Gasteiger partial charge is 0.340 e. The first kappa shape index (κ1) is 16.7. The molecule has 4 aliphatic heterocycles. The molecular formula is C20H26O7. The molecule has 10 atom stereocenters. The maximum Gasteiger partial charge on any atom is 0.340 e. The van der Waals surface area contributed by atoms with Crippen LogP contribution in [0.4, 0.5) is 0 Å². The summed E-state index contributed by atoms with van der Waals surface area (Å²) >= 11 is 0. The van der Waals surface area contributed by atoms with Crippen molar-refractivity contribution in [1.82, 2.24) is 0 Å². The molecule has 7 heteroatoms. The Morgan fingerprint density at radius 1 is 1.19 bits per heavy atom. The van der Waals surface area contributed by atoms with Crippen LogP contribution in [0.15, 0.2) is 0 Å². The van der Waals surface area contributed by atoms with Gasteiger partial charge in [0.15, 0.2) is 5.60 Å². The summed E-state index contributed by atoms with van der Waals surface area (Å²) in [5.74, 6) is -0.949. The minimum absolute atomic E-state index is 0.0187. The third kappa shape index (κ3) is 1.35. The van der Waals surface area contributed by atoms with Crippen LogP contribution in [0.1, 0.15) is 40.5 Å². The number of fused-ring (bicyclic) bond motifs is 1. The first-order valence-corrected chi connectivity index (χ1v) is 10.0. The van der Waals surface area contributed by atoms with Crippen molar-refractivity contribution < 1.29 is 33.6 Å². The zero-order valence-electron chi connectivity index (χ0n) is 16.1. The van der Waals surface area contributed by atoms with E-state index >= 15 is 0 Å². The average molecular weight is 378 g/mol. The lowest BCUT2D eigenvalue weighted by atomic mass is 9.52. The van der Waals surface area contributed by atoms with Crippen molar-refractivity contribution in [3.05, 3.63) is 0 Å². The van der Waals surface area contributed by atoms with E-state index in [9.17, 15) is 14.7 Å². The van der Waals surface area contributed by atoms with Crippen LogP contribution in [0.25, 0.3) is 0 Å². The molecular weight excluding hydrogens is 352 g/mol. The molecule has 4 heterocycles. The van der Waals surface area contributed by atoms with Gasteiger partial charge >= 0.3 is 11.9 Å². The van der Waals surface area contributed by atoms with Gasteiger partial charge in [-0.1, -0.05) is 27.7 Å². The normalized spacial score (nSPS) is 60.1. The number of ether oxygens (including phenoxy) is 4. The Morgan fingerprint density at radius 3 is 2.63 bits per heavy atom. The van der Waals surface area contributed by atoms with E-state index in [1.165, 1.54) is 0 Å². The monoisotopic (exact) mass is 378 g/mol. The molecule has 6 unspecified atom stereocenters. The Hall–Kier alpha value is -1.18. The molecule has 0 amide bonds. The van der Waals surface area contributed by atoms with Crippen LogP contribution in [0.3, 0.4) is 0 Å². The fourth-order valence-corrected chi connectivity index (χ4v) is 8.25. The Labute approximate surface area is 157 Å². The largest absolute Gasteiger partial charge is 0.459 e. The molecule has 0 radical (unpaired) electrons. The van der Waals surface area contributed by atoms with Gasteiger partial charge in [0.05, 0.1) is 36.1 Å². The Kier molecular flexibility index (Phi) is 2.71. The van der Waals surface area contributed by atoms with Gasteiger partial charge in [0.25, 0.3) is 0 Å². The summed E-state index contributed by atoms with van der Waals surface area (Å²) in [5, 5.41) is 11.6. The Balaban J connectivity index is 1.67. The summed E-state index contributed by atoms with van der Waals surface area (Å²) in [6.45, 7) is 8.90. The molecule has 27 heavy (non-hydrogen) atoms. The molecule has 1 N–H and O–H groups in total. The molecule has 6 rings (SSSR count). The van der Waals surface area contributed by atoms with Crippen LogP contribution >= 0.6 is 0 Å². The van der Waals surface area contributed by atoms with Gasteiger partial charge in [-0.05, 0) is 23.7 Å². The lowest BCUT2D eigenvalue weighted by molar-refractivity contribution is -0.207. The first-order chi connectivity index (χ1) is 12.6. The summed E-state index contributed by atoms with van der Waals surface area (Å²) in [6.07, 6.45) is -1.92. The summed E-state index contributed by atoms with van der Waals surface area (Å²) in [6, 6.07) is 0. The van der Waals surface area contributed by atoms with Crippen LogP contribution in [-0.4, -0.2) is 53.9 Å². The molecule has 0 bridgehead atoms. The highest BCUT2D eigenvalue weighted by molar-refractivity contribution is 5.89. The molecule has 2 spiro atoms. The fraction of sp³-hybridized carbons (Fsp3) is 0.900. The summed E-state index contributed by atoms with van der Waals surface area (Å²) < 4.78 is 24.0. The number of hydrogen-bond donors (Lipinski definition) is 1. The van der Waals surface area contributed by atoms with Gasteiger partial charge in [-0.15, -0.1) is 0 Å². The summed E-state index contributed by atoms with van der Waals surface area (Å²) in [4.78, 5) is 25.7. The topological polar surface area (TPSA) is 91.3 Å². The number of hydrogen-bond acceptors (Lipinski definition) is 7. The van der Waals surface area contributed by atoms with E-state index in [1.54, 1.807) is 0 Å². The predicted octanol–water partition coefficient (Wildman–Crippen LogP) is 1.02. The van der Waals surface area contributed by atoms with Crippen LogP contribution in [0.5, 0.6) is 0 Å². The van der Waals surface area contributed by atoms with E-state index in [2.05, 4.69) is 20.8 Å². The highest BCUT2D eigenvalue weighted by atomic mass is 16.7. The third-order valence-corrected chi connectivity index (χ3v) is 8.72. The quantitative estimate of drug-likeness (QED) is 0.629. The number of carbonyl (C=O) groups excluding carboxylic acids is 2. The van der Waals surface area contributed by atoms with Crippen LogP contribution < -0.4 is 0 Å². The standard InChI is InChI=1S/C20H26O7/c1-8-7-24-13-12(8)20-15(23)25-10-5-9(17(2,3)4)18(19(10,20)14(13)22)6-11(21)26-16(18)27-20/h8-10,12-14,16,22H,5-7H2,1-4H3/t8-,9+,10?,12?,13?,14+,16+,18?,19?,20?/m1/s1. The Morgan fingerprint density at radius 2 is 1.93 bits per heavy atom. The highest BCUT2D eigenvalue weighted by Gasteiger charge is 2.97. The van der Waals surface area contributed by atoms with Gasteiger partial charge in [-0.2, -0.15) is 0 Å². The summed E-state index contributed by atoms with van der Waals surface area (Å²) in [7, 11) is 0. The number of rotatable bonds is 0. The average Bonchev–Trinajstić information content (AvgIpc) is 3.28. The van der Waals surface area contributed by atoms with Crippen LogP contribution in [0.2, 0.25) is 0 Å². The zero-order chi connectivity index (χ0) is 19.1. The molecule has 0 aromatic carbocycles. The molecule has 148 valence electrons. The maximum absolute atomic E-state index is 13.3. The van der Waals surface area contributed by atoms with Gasteiger partial charge in [0.1, 0.15) is 6.10 Å². The van der Waals surface area contributed by atoms with E-state index in [0.717, 1.165) is 0 Å².